The number of nitrogens with one attached hydrogen (secondary N) is 1. The topological polar surface area (TPSA) is 18.5 Å². The summed E-state index contributed by atoms with van der Waals surface area (Å²) in [5.41, 5.74) is 0. The fourth-order valence-corrected chi connectivity index (χ4v) is 4.64. The van der Waals surface area contributed by atoms with Crippen LogP contribution in [0.15, 0.2) is 0 Å². The normalized spacial score (nSPS) is 37.5. The van der Waals surface area contributed by atoms with Crippen molar-refractivity contribution in [1.29, 1.82) is 0 Å². The number of hydrogen-bond acceptors (Lipinski definition) is 3. The maximum atomic E-state index is 3.59. The molecule has 2 aliphatic rings. The van der Waals surface area contributed by atoms with Crippen molar-refractivity contribution in [3.8, 4) is 0 Å². The van der Waals surface area contributed by atoms with Crippen LogP contribution in [0.1, 0.15) is 39.5 Å². The van der Waals surface area contributed by atoms with Gasteiger partial charge in [0.25, 0.3) is 0 Å². The summed E-state index contributed by atoms with van der Waals surface area (Å²) < 4.78 is 0. The Labute approximate surface area is 126 Å². The van der Waals surface area contributed by atoms with Gasteiger partial charge in [-0.3, -0.25) is 0 Å². The minimum Gasteiger partial charge on any atom is -0.315 e. The molecule has 2 fully saturated rings. The molecule has 4 atom stereocenters. The van der Waals surface area contributed by atoms with Crippen LogP contribution in [0.25, 0.3) is 0 Å². The molecule has 2 rings (SSSR count). The van der Waals surface area contributed by atoms with Crippen LogP contribution < -0.4 is 5.32 Å². The van der Waals surface area contributed by atoms with Crippen LogP contribution >= 0.6 is 0 Å². The van der Waals surface area contributed by atoms with Crippen LogP contribution in [0.2, 0.25) is 0 Å². The first-order valence-electron chi connectivity index (χ1n) is 8.57. The maximum absolute atomic E-state index is 3.59. The average molecular weight is 281 g/mol. The van der Waals surface area contributed by atoms with E-state index in [1.165, 1.54) is 45.3 Å². The molecule has 0 aromatic carbocycles. The molecule has 0 aromatic rings. The third-order valence-corrected chi connectivity index (χ3v) is 5.69. The molecular weight excluding hydrogens is 246 g/mol. The highest BCUT2D eigenvalue weighted by atomic mass is 15.2. The van der Waals surface area contributed by atoms with Gasteiger partial charge in [0, 0.05) is 18.6 Å². The SMILES string of the molecule is CNC1CC(C)CC(C)C1N(C)CC1CCN(C)CC1. The first-order chi connectivity index (χ1) is 9.51. The molecule has 0 aromatic heterocycles. The van der Waals surface area contributed by atoms with Crippen LogP contribution in [0.5, 0.6) is 0 Å². The second kappa shape index (κ2) is 7.24. The van der Waals surface area contributed by atoms with Crippen LogP contribution in [0, 0.1) is 17.8 Å². The second-order valence-electron chi connectivity index (χ2n) is 7.63. The Kier molecular flexibility index (Phi) is 5.88. The zero-order valence-electron chi connectivity index (χ0n) is 14.2. The van der Waals surface area contributed by atoms with Crippen molar-refractivity contribution in [2.45, 2.75) is 51.6 Å². The number of piperidine rings is 1. The lowest BCUT2D eigenvalue weighted by Gasteiger charge is -2.45. The molecule has 0 bridgehead atoms. The van der Waals surface area contributed by atoms with E-state index in [1.54, 1.807) is 0 Å². The molecule has 1 saturated carbocycles. The molecule has 3 nitrogen and oxygen atoms in total. The fraction of sp³-hybridized carbons (Fsp3) is 1.00. The van der Waals surface area contributed by atoms with Crippen molar-refractivity contribution in [3.63, 3.8) is 0 Å². The Morgan fingerprint density at radius 3 is 2.40 bits per heavy atom. The predicted octanol–water partition coefficient (Wildman–Crippen LogP) is 2.28. The van der Waals surface area contributed by atoms with Crippen LogP contribution in [0.3, 0.4) is 0 Å². The third-order valence-electron chi connectivity index (χ3n) is 5.69. The van der Waals surface area contributed by atoms with Gasteiger partial charge in [-0.15, -0.1) is 0 Å². The lowest BCUT2D eigenvalue weighted by Crippen LogP contribution is -2.55. The summed E-state index contributed by atoms with van der Waals surface area (Å²) in [5.74, 6) is 2.59. The summed E-state index contributed by atoms with van der Waals surface area (Å²) in [6, 6.07) is 1.39. The lowest BCUT2D eigenvalue weighted by molar-refractivity contribution is 0.0619. The number of likely N-dealkylation sites (N-methyl/N-ethyl adjacent to an activating group) is 2. The van der Waals surface area contributed by atoms with E-state index in [2.05, 4.69) is 50.1 Å². The van der Waals surface area contributed by atoms with Crippen LogP contribution in [-0.4, -0.2) is 62.7 Å². The zero-order valence-corrected chi connectivity index (χ0v) is 14.2. The Morgan fingerprint density at radius 1 is 1.15 bits per heavy atom. The van der Waals surface area contributed by atoms with E-state index in [0.717, 1.165) is 23.8 Å². The van der Waals surface area contributed by atoms with Crippen molar-refractivity contribution >= 4 is 0 Å². The highest BCUT2D eigenvalue weighted by Crippen LogP contribution is 2.32. The van der Waals surface area contributed by atoms with E-state index < -0.39 is 0 Å². The summed E-state index contributed by atoms with van der Waals surface area (Å²) in [6.07, 6.45) is 5.48. The predicted molar refractivity (Wildman–Crippen MR) is 87.0 cm³/mol. The van der Waals surface area contributed by atoms with E-state index in [1.807, 2.05) is 0 Å². The largest absolute Gasteiger partial charge is 0.315 e. The molecule has 20 heavy (non-hydrogen) atoms. The molecule has 1 heterocycles. The zero-order chi connectivity index (χ0) is 14.7. The van der Waals surface area contributed by atoms with Gasteiger partial charge in [0.05, 0.1) is 0 Å². The highest BCUT2D eigenvalue weighted by Gasteiger charge is 2.36. The Bertz CT molecular complexity index is 286. The number of likely N-dealkylation sites (tertiary alicyclic amines) is 1. The molecule has 0 radical (unpaired) electrons. The molecule has 3 heteroatoms. The first kappa shape index (κ1) is 16.3. The van der Waals surface area contributed by atoms with Crippen molar-refractivity contribution in [2.75, 3.05) is 40.8 Å². The molecular formula is C17H35N3. The Morgan fingerprint density at radius 2 is 1.80 bits per heavy atom. The monoisotopic (exact) mass is 281 g/mol. The molecule has 4 unspecified atom stereocenters. The highest BCUT2D eigenvalue weighted by molar-refractivity contribution is 4.93. The van der Waals surface area contributed by atoms with Gasteiger partial charge >= 0.3 is 0 Å². The van der Waals surface area contributed by atoms with Crippen molar-refractivity contribution in [1.82, 2.24) is 15.1 Å². The van der Waals surface area contributed by atoms with Gasteiger partial charge in [-0.25, -0.2) is 0 Å². The van der Waals surface area contributed by atoms with E-state index >= 15 is 0 Å². The second-order valence-corrected chi connectivity index (χ2v) is 7.63. The first-order valence-corrected chi connectivity index (χ1v) is 8.57. The summed E-state index contributed by atoms with van der Waals surface area (Å²) in [4.78, 5) is 5.14. The summed E-state index contributed by atoms with van der Waals surface area (Å²) in [6.45, 7) is 8.72. The van der Waals surface area contributed by atoms with E-state index in [4.69, 9.17) is 0 Å². The van der Waals surface area contributed by atoms with Gasteiger partial charge < -0.3 is 15.1 Å². The van der Waals surface area contributed by atoms with Crippen molar-refractivity contribution < 1.29 is 0 Å². The van der Waals surface area contributed by atoms with E-state index in [-0.39, 0.29) is 0 Å². The average Bonchev–Trinajstić information content (AvgIpc) is 2.40. The standard InChI is InChI=1S/C17H35N3/c1-13-10-14(2)17(16(11-13)18-3)20(5)12-15-6-8-19(4)9-7-15/h13-18H,6-12H2,1-5H3. The van der Waals surface area contributed by atoms with Gasteiger partial charge in [0.15, 0.2) is 0 Å². The quantitative estimate of drug-likeness (QED) is 0.853. The van der Waals surface area contributed by atoms with Gasteiger partial charge in [-0.2, -0.15) is 0 Å². The maximum Gasteiger partial charge on any atom is 0.0272 e. The van der Waals surface area contributed by atoms with Gasteiger partial charge in [0.2, 0.25) is 0 Å². The summed E-state index contributed by atoms with van der Waals surface area (Å²) in [5, 5.41) is 3.59. The van der Waals surface area contributed by atoms with Gasteiger partial charge in [-0.05, 0) is 77.7 Å². The fourth-order valence-electron chi connectivity index (χ4n) is 4.64. The number of rotatable bonds is 4. The minimum absolute atomic E-state index is 0.671. The smallest absolute Gasteiger partial charge is 0.0272 e. The molecule has 1 aliphatic heterocycles. The summed E-state index contributed by atoms with van der Waals surface area (Å²) >= 11 is 0. The molecule has 118 valence electrons. The molecule has 0 spiro atoms. The van der Waals surface area contributed by atoms with Gasteiger partial charge in [-0.1, -0.05) is 13.8 Å². The molecule has 1 N–H and O–H groups in total. The molecule has 1 saturated heterocycles. The number of hydrogen-bond donors (Lipinski definition) is 1. The van der Waals surface area contributed by atoms with E-state index in [0.29, 0.717) is 6.04 Å². The Balaban J connectivity index is 1.90. The minimum atomic E-state index is 0.671. The molecule has 0 amide bonds. The van der Waals surface area contributed by atoms with Gasteiger partial charge in [0.1, 0.15) is 0 Å². The van der Waals surface area contributed by atoms with Crippen LogP contribution in [0.4, 0.5) is 0 Å². The third kappa shape index (κ3) is 3.96. The van der Waals surface area contributed by atoms with Crippen molar-refractivity contribution in [2.24, 2.45) is 17.8 Å². The van der Waals surface area contributed by atoms with Crippen molar-refractivity contribution in [3.05, 3.63) is 0 Å². The lowest BCUT2D eigenvalue weighted by atomic mass is 9.75. The van der Waals surface area contributed by atoms with E-state index in [9.17, 15) is 0 Å². The van der Waals surface area contributed by atoms with Crippen LogP contribution in [-0.2, 0) is 0 Å². The number of nitrogens with zero attached hydrogens (tertiary/aromatic N) is 2. The Hall–Kier alpha value is -0.120. The molecule has 1 aliphatic carbocycles. The summed E-state index contributed by atoms with van der Waals surface area (Å²) in [7, 11) is 6.76.